The number of amides is 1. The molecule has 1 rings (SSSR count). The molecule has 0 saturated heterocycles. The lowest BCUT2D eigenvalue weighted by atomic mass is 10.1. The van der Waals surface area contributed by atoms with Crippen molar-refractivity contribution in [2.24, 2.45) is 5.92 Å². The summed E-state index contributed by atoms with van der Waals surface area (Å²) >= 11 is 0. The molecule has 1 heterocycles. The predicted octanol–water partition coefficient (Wildman–Crippen LogP) is 3.20. The number of carbonyl (C=O) groups excluding carboxylic acids is 1. The minimum absolute atomic E-state index is 0.00647. The molecule has 0 fully saturated rings. The molecular weight excluding hydrogens is 264 g/mol. The van der Waals surface area contributed by atoms with Crippen LogP contribution in [0.15, 0.2) is 12.3 Å². The molecule has 1 aromatic rings. The van der Waals surface area contributed by atoms with E-state index in [1.54, 1.807) is 12.3 Å². The normalized spacial score (nSPS) is 10.7. The molecule has 118 valence electrons. The number of carbonyl (C=O) groups is 1. The van der Waals surface area contributed by atoms with Crippen LogP contribution in [0.2, 0.25) is 0 Å². The van der Waals surface area contributed by atoms with Crippen molar-refractivity contribution in [2.45, 2.75) is 47.0 Å². The van der Waals surface area contributed by atoms with E-state index in [1.165, 1.54) is 0 Å². The second-order valence-electron chi connectivity index (χ2n) is 5.67. The monoisotopic (exact) mass is 292 g/mol. The van der Waals surface area contributed by atoms with E-state index in [-0.39, 0.29) is 5.91 Å². The van der Waals surface area contributed by atoms with Crippen LogP contribution in [0.25, 0.3) is 0 Å². The van der Waals surface area contributed by atoms with Gasteiger partial charge in [-0.3, -0.25) is 4.79 Å². The third-order valence-electron chi connectivity index (χ3n) is 3.15. The quantitative estimate of drug-likeness (QED) is 0.759. The third-order valence-corrected chi connectivity index (χ3v) is 3.15. The summed E-state index contributed by atoms with van der Waals surface area (Å²) < 4.78 is 0. The van der Waals surface area contributed by atoms with Crippen LogP contribution in [0.5, 0.6) is 0 Å². The maximum atomic E-state index is 12.5. The van der Waals surface area contributed by atoms with Crippen LogP contribution in [-0.2, 0) is 0 Å². The van der Waals surface area contributed by atoms with Gasteiger partial charge in [0.2, 0.25) is 5.95 Å². The maximum Gasteiger partial charge on any atom is 0.272 e. The van der Waals surface area contributed by atoms with E-state index in [1.807, 2.05) is 4.90 Å². The fourth-order valence-electron chi connectivity index (χ4n) is 2.05. The lowest BCUT2D eigenvalue weighted by molar-refractivity contribution is 0.0749. The van der Waals surface area contributed by atoms with Crippen LogP contribution >= 0.6 is 0 Å². The van der Waals surface area contributed by atoms with Gasteiger partial charge in [-0.15, -0.1) is 0 Å². The highest BCUT2D eigenvalue weighted by Crippen LogP contribution is 2.07. The number of hydrogen-bond donors (Lipinski definition) is 1. The van der Waals surface area contributed by atoms with Crippen molar-refractivity contribution in [3.63, 3.8) is 0 Å². The largest absolute Gasteiger partial charge is 0.354 e. The van der Waals surface area contributed by atoms with E-state index < -0.39 is 0 Å². The van der Waals surface area contributed by atoms with Crippen molar-refractivity contribution in [3.05, 3.63) is 18.0 Å². The highest BCUT2D eigenvalue weighted by atomic mass is 16.2. The minimum atomic E-state index is -0.00647. The molecule has 21 heavy (non-hydrogen) atoms. The Bertz CT molecular complexity index is 428. The zero-order chi connectivity index (χ0) is 15.7. The van der Waals surface area contributed by atoms with Gasteiger partial charge in [-0.05, 0) is 31.2 Å². The van der Waals surface area contributed by atoms with Gasteiger partial charge >= 0.3 is 0 Å². The van der Waals surface area contributed by atoms with E-state index in [9.17, 15) is 4.79 Å². The minimum Gasteiger partial charge on any atom is -0.354 e. The highest BCUT2D eigenvalue weighted by Gasteiger charge is 2.16. The molecule has 0 unspecified atom stereocenters. The van der Waals surface area contributed by atoms with Crippen molar-refractivity contribution in [1.29, 1.82) is 0 Å². The van der Waals surface area contributed by atoms with Gasteiger partial charge in [0, 0.05) is 25.8 Å². The van der Waals surface area contributed by atoms with Crippen LogP contribution in [0.1, 0.15) is 57.4 Å². The molecule has 5 heteroatoms. The average Bonchev–Trinajstić information content (AvgIpc) is 2.46. The summed E-state index contributed by atoms with van der Waals surface area (Å²) in [4.78, 5) is 22.8. The zero-order valence-corrected chi connectivity index (χ0v) is 13.7. The van der Waals surface area contributed by atoms with Crippen LogP contribution in [0.4, 0.5) is 5.95 Å². The van der Waals surface area contributed by atoms with Crippen LogP contribution in [-0.4, -0.2) is 40.4 Å². The smallest absolute Gasteiger partial charge is 0.272 e. The maximum absolute atomic E-state index is 12.5. The molecule has 0 bridgehead atoms. The van der Waals surface area contributed by atoms with Gasteiger partial charge in [-0.2, -0.15) is 0 Å². The molecular formula is C16H28N4O. The van der Waals surface area contributed by atoms with Crippen molar-refractivity contribution in [1.82, 2.24) is 14.9 Å². The topological polar surface area (TPSA) is 58.1 Å². The Hall–Kier alpha value is -1.65. The van der Waals surface area contributed by atoms with Gasteiger partial charge in [0.25, 0.3) is 5.91 Å². The molecule has 0 aliphatic rings. The Morgan fingerprint density at radius 1 is 1.29 bits per heavy atom. The van der Waals surface area contributed by atoms with Gasteiger partial charge in [-0.25, -0.2) is 9.97 Å². The third kappa shape index (κ3) is 6.10. The summed E-state index contributed by atoms with van der Waals surface area (Å²) in [5.74, 6) is 1.16. The SMILES string of the molecule is CCCN(CCC)C(=O)c1ccnc(NCCC(C)C)n1. The van der Waals surface area contributed by atoms with Crippen molar-refractivity contribution < 1.29 is 4.79 Å². The second kappa shape index (κ2) is 9.32. The van der Waals surface area contributed by atoms with Gasteiger partial charge in [0.15, 0.2) is 0 Å². The molecule has 0 saturated carbocycles. The molecule has 1 N–H and O–H groups in total. The fourth-order valence-corrected chi connectivity index (χ4v) is 2.05. The second-order valence-corrected chi connectivity index (χ2v) is 5.67. The van der Waals surface area contributed by atoms with Gasteiger partial charge in [0.1, 0.15) is 5.69 Å². The molecule has 5 nitrogen and oxygen atoms in total. The van der Waals surface area contributed by atoms with Crippen molar-refractivity contribution in [3.8, 4) is 0 Å². The van der Waals surface area contributed by atoms with Crippen LogP contribution in [0, 0.1) is 5.92 Å². The van der Waals surface area contributed by atoms with Gasteiger partial charge < -0.3 is 10.2 Å². The Kier molecular flexibility index (Phi) is 7.72. The summed E-state index contributed by atoms with van der Waals surface area (Å²) in [7, 11) is 0. The number of hydrogen-bond acceptors (Lipinski definition) is 4. The van der Waals surface area contributed by atoms with Crippen LogP contribution in [0.3, 0.4) is 0 Å². The Morgan fingerprint density at radius 2 is 1.95 bits per heavy atom. The highest BCUT2D eigenvalue weighted by molar-refractivity contribution is 5.92. The summed E-state index contributed by atoms with van der Waals surface area (Å²) in [6.45, 7) is 10.9. The first kappa shape index (κ1) is 17.4. The Balaban J connectivity index is 2.70. The average molecular weight is 292 g/mol. The summed E-state index contributed by atoms with van der Waals surface area (Å²) in [6, 6.07) is 1.69. The van der Waals surface area contributed by atoms with Crippen LogP contribution < -0.4 is 5.32 Å². The number of nitrogens with zero attached hydrogens (tertiary/aromatic N) is 3. The molecule has 0 atom stereocenters. The molecule has 0 aromatic carbocycles. The molecule has 1 aromatic heterocycles. The van der Waals surface area contributed by atoms with Crippen molar-refractivity contribution in [2.75, 3.05) is 25.0 Å². The predicted molar refractivity (Wildman–Crippen MR) is 86.5 cm³/mol. The molecule has 0 radical (unpaired) electrons. The molecule has 1 amide bonds. The van der Waals surface area contributed by atoms with Gasteiger partial charge in [-0.1, -0.05) is 27.7 Å². The molecule has 0 aliphatic carbocycles. The standard InChI is InChI=1S/C16H28N4O/c1-5-11-20(12-6-2)15(21)14-8-10-18-16(19-14)17-9-7-13(3)4/h8,10,13H,5-7,9,11-12H2,1-4H3,(H,17,18,19). The fraction of sp³-hybridized carbons (Fsp3) is 0.688. The van der Waals surface area contributed by atoms with E-state index in [0.29, 0.717) is 17.6 Å². The van der Waals surface area contributed by atoms with Gasteiger partial charge in [0.05, 0.1) is 0 Å². The summed E-state index contributed by atoms with van der Waals surface area (Å²) in [6.07, 6.45) is 4.61. The number of nitrogens with one attached hydrogen (secondary N) is 1. The first-order chi connectivity index (χ1) is 10.1. The first-order valence-electron chi connectivity index (χ1n) is 7.94. The molecule has 0 aliphatic heterocycles. The van der Waals surface area contributed by atoms with E-state index in [0.717, 1.165) is 38.9 Å². The number of anilines is 1. The van der Waals surface area contributed by atoms with E-state index in [2.05, 4.69) is 43.0 Å². The number of aromatic nitrogens is 2. The summed E-state index contributed by atoms with van der Waals surface area (Å²) in [5, 5.41) is 3.18. The lowest BCUT2D eigenvalue weighted by Crippen LogP contribution is -2.33. The summed E-state index contributed by atoms with van der Waals surface area (Å²) in [5.41, 5.74) is 0.471. The zero-order valence-electron chi connectivity index (χ0n) is 13.7. The Labute approximate surface area is 128 Å². The lowest BCUT2D eigenvalue weighted by Gasteiger charge is -2.21. The first-order valence-corrected chi connectivity index (χ1v) is 7.94. The Morgan fingerprint density at radius 3 is 2.52 bits per heavy atom. The number of rotatable bonds is 9. The van der Waals surface area contributed by atoms with E-state index >= 15 is 0 Å². The van der Waals surface area contributed by atoms with E-state index in [4.69, 9.17) is 0 Å². The van der Waals surface area contributed by atoms with Crippen molar-refractivity contribution >= 4 is 11.9 Å². The molecule has 0 spiro atoms.